The third-order valence-electron chi connectivity index (χ3n) is 4.91. The Bertz CT molecular complexity index is 725. The highest BCUT2D eigenvalue weighted by Crippen LogP contribution is 2.25. The van der Waals surface area contributed by atoms with Crippen LogP contribution < -0.4 is 10.1 Å². The highest BCUT2D eigenvalue weighted by atomic mass is 79.9. The Morgan fingerprint density at radius 2 is 2.15 bits per heavy atom. The van der Waals surface area contributed by atoms with E-state index in [1.807, 2.05) is 36.4 Å². The molecule has 1 atom stereocenters. The lowest BCUT2D eigenvalue weighted by Crippen LogP contribution is -2.37. The molecule has 1 aliphatic heterocycles. The van der Waals surface area contributed by atoms with E-state index in [4.69, 9.17) is 16.3 Å². The average Bonchev–Trinajstić information content (AvgIpc) is 3.08. The van der Waals surface area contributed by atoms with E-state index >= 15 is 0 Å². The summed E-state index contributed by atoms with van der Waals surface area (Å²) in [5.74, 6) is 0.916. The molecule has 0 radical (unpaired) electrons. The summed E-state index contributed by atoms with van der Waals surface area (Å²) in [7, 11) is 0. The van der Waals surface area contributed by atoms with E-state index in [1.54, 1.807) is 0 Å². The van der Waals surface area contributed by atoms with E-state index in [1.165, 1.54) is 24.9 Å². The zero-order chi connectivity index (χ0) is 18.4. The second-order valence-corrected chi connectivity index (χ2v) is 8.08. The summed E-state index contributed by atoms with van der Waals surface area (Å²) in [6.07, 6.45) is 2.60. The molecular weight excluding hydrogens is 412 g/mol. The van der Waals surface area contributed by atoms with Crippen LogP contribution >= 0.6 is 27.5 Å². The summed E-state index contributed by atoms with van der Waals surface area (Å²) < 4.78 is 7.14. The zero-order valence-electron chi connectivity index (χ0n) is 15.2. The number of hydrogen-bond donors (Lipinski definition) is 1. The van der Waals surface area contributed by atoms with E-state index in [0.717, 1.165) is 40.4 Å². The van der Waals surface area contributed by atoms with Crippen LogP contribution in [0.2, 0.25) is 5.02 Å². The highest BCUT2D eigenvalue weighted by Gasteiger charge is 2.22. The molecule has 1 aliphatic rings. The predicted octanol–water partition coefficient (Wildman–Crippen LogP) is 5.26. The Morgan fingerprint density at radius 1 is 1.27 bits per heavy atom. The first-order valence-corrected chi connectivity index (χ1v) is 10.4. The standard InChI is InChI=1S/C21H26BrClN2O/c1-2-25-10-4-7-20(25)14-24-13-17-12-18(22)8-9-21(17)26-15-16-5-3-6-19(23)11-16/h3,5-6,8-9,11-12,20,24H,2,4,7,10,13-15H2,1H3/t20-/m0/s1. The minimum absolute atomic E-state index is 0.515. The van der Waals surface area contributed by atoms with Crippen LogP contribution in [-0.2, 0) is 13.2 Å². The van der Waals surface area contributed by atoms with Crippen LogP contribution in [0.5, 0.6) is 5.75 Å². The molecule has 2 aromatic rings. The molecular formula is C21H26BrClN2O. The molecule has 0 aromatic heterocycles. The van der Waals surface area contributed by atoms with Crippen molar-refractivity contribution < 1.29 is 4.74 Å². The first-order chi connectivity index (χ1) is 12.7. The van der Waals surface area contributed by atoms with Crippen molar-refractivity contribution in [3.05, 3.63) is 63.1 Å². The van der Waals surface area contributed by atoms with Crippen LogP contribution in [-0.4, -0.2) is 30.6 Å². The van der Waals surface area contributed by atoms with Crippen LogP contribution in [0, 0.1) is 0 Å². The van der Waals surface area contributed by atoms with Crippen molar-refractivity contribution in [2.45, 2.75) is 39.0 Å². The molecule has 0 unspecified atom stereocenters. The largest absolute Gasteiger partial charge is 0.489 e. The van der Waals surface area contributed by atoms with Crippen molar-refractivity contribution >= 4 is 27.5 Å². The Kier molecular flexibility index (Phi) is 7.38. The molecule has 1 N–H and O–H groups in total. The van der Waals surface area contributed by atoms with Gasteiger partial charge in [-0.3, -0.25) is 4.90 Å². The van der Waals surface area contributed by atoms with Gasteiger partial charge in [-0.05, 0) is 61.8 Å². The van der Waals surface area contributed by atoms with Gasteiger partial charge in [0.05, 0.1) is 0 Å². The van der Waals surface area contributed by atoms with Crippen LogP contribution in [0.15, 0.2) is 46.9 Å². The molecule has 1 fully saturated rings. The molecule has 0 saturated carbocycles. The number of benzene rings is 2. The molecule has 3 nitrogen and oxygen atoms in total. The molecule has 2 aromatic carbocycles. The molecule has 5 heteroatoms. The van der Waals surface area contributed by atoms with Gasteiger partial charge in [0.25, 0.3) is 0 Å². The third-order valence-corrected chi connectivity index (χ3v) is 5.63. The van der Waals surface area contributed by atoms with Gasteiger partial charge in [-0.2, -0.15) is 0 Å². The number of rotatable bonds is 8. The predicted molar refractivity (Wildman–Crippen MR) is 112 cm³/mol. The van der Waals surface area contributed by atoms with Gasteiger partial charge in [-0.15, -0.1) is 0 Å². The molecule has 0 aliphatic carbocycles. The first kappa shape index (κ1) is 19.7. The monoisotopic (exact) mass is 436 g/mol. The van der Waals surface area contributed by atoms with Crippen molar-refractivity contribution in [2.75, 3.05) is 19.6 Å². The number of likely N-dealkylation sites (tertiary alicyclic amines) is 1. The van der Waals surface area contributed by atoms with E-state index < -0.39 is 0 Å². The van der Waals surface area contributed by atoms with Gasteiger partial charge in [0.1, 0.15) is 12.4 Å². The fourth-order valence-electron chi connectivity index (χ4n) is 3.53. The minimum atomic E-state index is 0.515. The molecule has 3 rings (SSSR count). The van der Waals surface area contributed by atoms with Gasteiger partial charge in [0.2, 0.25) is 0 Å². The van der Waals surface area contributed by atoms with Crippen molar-refractivity contribution in [3.63, 3.8) is 0 Å². The van der Waals surface area contributed by atoms with Crippen molar-refractivity contribution in [2.24, 2.45) is 0 Å². The molecule has 0 amide bonds. The van der Waals surface area contributed by atoms with Gasteiger partial charge in [0.15, 0.2) is 0 Å². The number of halogens is 2. The number of nitrogens with zero attached hydrogens (tertiary/aromatic N) is 1. The number of hydrogen-bond acceptors (Lipinski definition) is 3. The lowest BCUT2D eigenvalue weighted by atomic mass is 10.1. The molecule has 0 bridgehead atoms. The maximum Gasteiger partial charge on any atom is 0.124 e. The smallest absolute Gasteiger partial charge is 0.124 e. The Morgan fingerprint density at radius 3 is 2.96 bits per heavy atom. The maximum absolute atomic E-state index is 6.07. The highest BCUT2D eigenvalue weighted by molar-refractivity contribution is 9.10. The Balaban J connectivity index is 1.58. The fourth-order valence-corrected chi connectivity index (χ4v) is 4.15. The van der Waals surface area contributed by atoms with Gasteiger partial charge < -0.3 is 10.1 Å². The zero-order valence-corrected chi connectivity index (χ0v) is 17.5. The normalized spacial score (nSPS) is 17.6. The molecule has 0 spiro atoms. The number of nitrogens with one attached hydrogen (secondary N) is 1. The summed E-state index contributed by atoms with van der Waals surface area (Å²) >= 11 is 9.63. The minimum Gasteiger partial charge on any atom is -0.489 e. The van der Waals surface area contributed by atoms with Crippen LogP contribution in [0.3, 0.4) is 0 Å². The van der Waals surface area contributed by atoms with E-state index in [0.29, 0.717) is 12.6 Å². The second-order valence-electron chi connectivity index (χ2n) is 6.73. The lowest BCUT2D eigenvalue weighted by molar-refractivity contribution is 0.259. The first-order valence-electron chi connectivity index (χ1n) is 9.26. The molecule has 26 heavy (non-hydrogen) atoms. The van der Waals surface area contributed by atoms with E-state index in [2.05, 4.69) is 39.1 Å². The summed E-state index contributed by atoms with van der Waals surface area (Å²) in [6, 6.07) is 14.6. The van der Waals surface area contributed by atoms with Crippen LogP contribution in [0.1, 0.15) is 30.9 Å². The molecule has 140 valence electrons. The maximum atomic E-state index is 6.07. The van der Waals surface area contributed by atoms with Crippen molar-refractivity contribution in [1.29, 1.82) is 0 Å². The van der Waals surface area contributed by atoms with Crippen LogP contribution in [0.4, 0.5) is 0 Å². The van der Waals surface area contributed by atoms with Gasteiger partial charge in [0, 0.05) is 34.2 Å². The van der Waals surface area contributed by atoms with E-state index in [-0.39, 0.29) is 0 Å². The van der Waals surface area contributed by atoms with E-state index in [9.17, 15) is 0 Å². The van der Waals surface area contributed by atoms with Gasteiger partial charge in [-0.1, -0.05) is 46.6 Å². The van der Waals surface area contributed by atoms with Crippen molar-refractivity contribution in [1.82, 2.24) is 10.2 Å². The summed E-state index contributed by atoms with van der Waals surface area (Å²) in [6.45, 7) is 6.95. The Hall–Kier alpha value is -1.07. The fraction of sp³-hybridized carbons (Fsp3) is 0.429. The van der Waals surface area contributed by atoms with Gasteiger partial charge >= 0.3 is 0 Å². The second kappa shape index (κ2) is 9.75. The summed E-state index contributed by atoms with van der Waals surface area (Å²) in [4.78, 5) is 2.56. The Labute approximate surface area is 169 Å². The lowest BCUT2D eigenvalue weighted by Gasteiger charge is -2.23. The van der Waals surface area contributed by atoms with Gasteiger partial charge in [-0.25, -0.2) is 0 Å². The number of likely N-dealkylation sites (N-methyl/N-ethyl adjacent to an activating group) is 1. The number of ether oxygens (including phenoxy) is 1. The quantitative estimate of drug-likeness (QED) is 0.610. The molecule has 1 heterocycles. The summed E-state index contributed by atoms with van der Waals surface area (Å²) in [5.41, 5.74) is 2.24. The third kappa shape index (κ3) is 5.46. The van der Waals surface area contributed by atoms with Crippen LogP contribution in [0.25, 0.3) is 0 Å². The molecule has 1 saturated heterocycles. The average molecular weight is 438 g/mol. The SMILES string of the molecule is CCN1CCC[C@H]1CNCc1cc(Br)ccc1OCc1cccc(Cl)c1. The summed E-state index contributed by atoms with van der Waals surface area (Å²) in [5, 5.41) is 4.36. The topological polar surface area (TPSA) is 24.5 Å². The van der Waals surface area contributed by atoms with Crippen molar-refractivity contribution in [3.8, 4) is 5.75 Å².